The van der Waals surface area contributed by atoms with Gasteiger partial charge >= 0.3 is 6.03 Å². The van der Waals surface area contributed by atoms with E-state index in [4.69, 9.17) is 0 Å². The van der Waals surface area contributed by atoms with Crippen LogP contribution in [0.3, 0.4) is 0 Å². The first kappa shape index (κ1) is 15.5. The van der Waals surface area contributed by atoms with Crippen LogP contribution in [-0.2, 0) is 0 Å². The van der Waals surface area contributed by atoms with Crippen LogP contribution in [0.25, 0.3) is 5.69 Å². The van der Waals surface area contributed by atoms with E-state index >= 15 is 0 Å². The Balaban J connectivity index is 1.73. The highest BCUT2D eigenvalue weighted by molar-refractivity contribution is 5.91. The Bertz CT molecular complexity index is 685. The molecule has 2 amide bonds. The van der Waals surface area contributed by atoms with Crippen LogP contribution in [0.2, 0.25) is 0 Å². The number of nitrogens with zero attached hydrogens (tertiary/aromatic N) is 3. The van der Waals surface area contributed by atoms with Crippen molar-refractivity contribution in [1.82, 2.24) is 14.7 Å². The fraction of sp³-hybridized carbons (Fsp3) is 0.375. The van der Waals surface area contributed by atoms with E-state index in [1.165, 1.54) is 17.0 Å². The highest BCUT2D eigenvalue weighted by Gasteiger charge is 2.31. The lowest BCUT2D eigenvalue weighted by Gasteiger charge is -2.22. The fourth-order valence-electron chi connectivity index (χ4n) is 2.42. The first-order valence-corrected chi connectivity index (χ1v) is 7.54. The van der Waals surface area contributed by atoms with E-state index in [1.54, 1.807) is 36.3 Å². The molecule has 3 rings (SSSR count). The largest absolute Gasteiger partial charge is 0.391 e. The fourth-order valence-corrected chi connectivity index (χ4v) is 2.42. The van der Waals surface area contributed by atoms with Crippen molar-refractivity contribution in [3.05, 3.63) is 42.5 Å². The van der Waals surface area contributed by atoms with Crippen molar-refractivity contribution in [3.63, 3.8) is 0 Å². The van der Waals surface area contributed by atoms with Gasteiger partial charge in [-0.2, -0.15) is 5.10 Å². The summed E-state index contributed by atoms with van der Waals surface area (Å²) in [6.07, 6.45) is 4.81. The Kier molecular flexibility index (Phi) is 4.29. The lowest BCUT2D eigenvalue weighted by Crippen LogP contribution is -2.38. The molecule has 6 nitrogen and oxygen atoms in total. The Hall–Kier alpha value is -2.41. The number of aliphatic hydroxyl groups excluding tert-OH is 1. The minimum absolute atomic E-state index is 0.253. The van der Waals surface area contributed by atoms with Gasteiger partial charge in [-0.05, 0) is 43.0 Å². The SMILES string of the molecule is CN(CC(O)C1CC1)C(=O)Nc1cc(F)ccc1-n1cccn1. The molecule has 0 bridgehead atoms. The van der Waals surface area contributed by atoms with Gasteiger partial charge in [-0.3, -0.25) is 0 Å². The van der Waals surface area contributed by atoms with Crippen LogP contribution in [0.15, 0.2) is 36.7 Å². The number of aliphatic hydroxyl groups is 1. The number of rotatable bonds is 5. The summed E-state index contributed by atoms with van der Waals surface area (Å²) in [5.74, 6) is -0.157. The number of hydrogen-bond acceptors (Lipinski definition) is 3. The number of amides is 2. The summed E-state index contributed by atoms with van der Waals surface area (Å²) in [6, 6.07) is 5.46. The van der Waals surface area contributed by atoms with Crippen LogP contribution in [-0.4, -0.2) is 45.5 Å². The number of benzene rings is 1. The molecular weight excluding hydrogens is 299 g/mol. The van der Waals surface area contributed by atoms with Crippen molar-refractivity contribution in [3.8, 4) is 5.69 Å². The predicted molar refractivity (Wildman–Crippen MR) is 83.9 cm³/mol. The monoisotopic (exact) mass is 318 g/mol. The number of likely N-dealkylation sites (N-methyl/N-ethyl adjacent to an activating group) is 1. The summed E-state index contributed by atoms with van der Waals surface area (Å²) in [5, 5.41) is 16.7. The van der Waals surface area contributed by atoms with Crippen molar-refractivity contribution >= 4 is 11.7 Å². The second-order valence-electron chi connectivity index (χ2n) is 5.83. The minimum atomic E-state index is -0.510. The van der Waals surface area contributed by atoms with Gasteiger partial charge in [0.2, 0.25) is 0 Å². The third-order valence-corrected chi connectivity index (χ3v) is 3.93. The first-order valence-electron chi connectivity index (χ1n) is 7.54. The third-order valence-electron chi connectivity index (χ3n) is 3.93. The Morgan fingerprint density at radius 1 is 1.57 bits per heavy atom. The number of anilines is 1. The van der Waals surface area contributed by atoms with Gasteiger partial charge < -0.3 is 15.3 Å². The zero-order valence-corrected chi connectivity index (χ0v) is 12.8. The smallest absolute Gasteiger partial charge is 0.321 e. The summed E-state index contributed by atoms with van der Waals surface area (Å²) >= 11 is 0. The van der Waals surface area contributed by atoms with E-state index in [0.29, 0.717) is 17.3 Å². The molecule has 122 valence electrons. The molecule has 1 fully saturated rings. The van der Waals surface area contributed by atoms with Crippen molar-refractivity contribution in [1.29, 1.82) is 0 Å². The van der Waals surface area contributed by atoms with E-state index in [1.807, 2.05) is 0 Å². The molecule has 23 heavy (non-hydrogen) atoms. The number of carbonyl (C=O) groups is 1. The molecule has 1 aromatic heterocycles. The van der Waals surface area contributed by atoms with Gasteiger partial charge in [0.05, 0.1) is 17.5 Å². The van der Waals surface area contributed by atoms with Gasteiger partial charge in [0.15, 0.2) is 0 Å². The molecular formula is C16H19FN4O2. The van der Waals surface area contributed by atoms with Gasteiger partial charge in [-0.1, -0.05) is 0 Å². The van der Waals surface area contributed by atoms with Gasteiger partial charge in [0, 0.05) is 26.0 Å². The standard InChI is InChI=1S/C16H19FN4O2/c1-20(10-15(22)11-3-4-11)16(23)19-13-9-12(17)5-6-14(13)21-8-2-7-18-21/h2,5-9,11,15,22H,3-4,10H2,1H3,(H,19,23). The number of hydrogen-bond donors (Lipinski definition) is 2. The van der Waals surface area contributed by atoms with Crippen molar-refractivity contribution < 1.29 is 14.3 Å². The first-order chi connectivity index (χ1) is 11.0. The highest BCUT2D eigenvalue weighted by Crippen LogP contribution is 2.32. The molecule has 2 N–H and O–H groups in total. The second kappa shape index (κ2) is 6.37. The lowest BCUT2D eigenvalue weighted by molar-refractivity contribution is 0.117. The Morgan fingerprint density at radius 3 is 3.00 bits per heavy atom. The Morgan fingerprint density at radius 2 is 2.35 bits per heavy atom. The second-order valence-corrected chi connectivity index (χ2v) is 5.83. The van der Waals surface area contributed by atoms with E-state index in [-0.39, 0.29) is 6.54 Å². The van der Waals surface area contributed by atoms with Crippen molar-refractivity contribution in [2.24, 2.45) is 5.92 Å². The molecule has 1 aliphatic carbocycles. The topological polar surface area (TPSA) is 70.4 Å². The average molecular weight is 318 g/mol. The molecule has 1 heterocycles. The molecule has 1 aromatic carbocycles. The third kappa shape index (κ3) is 3.68. The quantitative estimate of drug-likeness (QED) is 0.888. The molecule has 1 aliphatic rings. The highest BCUT2D eigenvalue weighted by atomic mass is 19.1. The average Bonchev–Trinajstić information content (AvgIpc) is 3.23. The van der Waals surface area contributed by atoms with Crippen LogP contribution in [0.5, 0.6) is 0 Å². The van der Waals surface area contributed by atoms with Gasteiger partial charge in [0.1, 0.15) is 5.82 Å². The van der Waals surface area contributed by atoms with Crippen molar-refractivity contribution in [2.75, 3.05) is 18.9 Å². The maximum absolute atomic E-state index is 13.5. The maximum Gasteiger partial charge on any atom is 0.321 e. The number of urea groups is 1. The Labute approximate surface area is 133 Å². The van der Waals surface area contributed by atoms with Gasteiger partial charge in [-0.15, -0.1) is 0 Å². The predicted octanol–water partition coefficient (Wildman–Crippen LogP) is 2.25. The van der Waals surface area contributed by atoms with Crippen LogP contribution >= 0.6 is 0 Å². The number of carbonyl (C=O) groups excluding carboxylic acids is 1. The summed E-state index contributed by atoms with van der Waals surface area (Å²) in [7, 11) is 1.60. The van der Waals surface area contributed by atoms with Crippen LogP contribution in [0.4, 0.5) is 14.9 Å². The summed E-state index contributed by atoms with van der Waals surface area (Å²) in [4.78, 5) is 13.7. The van der Waals surface area contributed by atoms with Crippen LogP contribution < -0.4 is 5.32 Å². The molecule has 0 radical (unpaired) electrons. The van der Waals surface area contributed by atoms with E-state index in [9.17, 15) is 14.3 Å². The molecule has 0 saturated heterocycles. The van der Waals surface area contributed by atoms with Gasteiger partial charge in [0.25, 0.3) is 0 Å². The summed E-state index contributed by atoms with van der Waals surface area (Å²) in [6.45, 7) is 0.253. The van der Waals surface area contributed by atoms with E-state index in [2.05, 4.69) is 10.4 Å². The van der Waals surface area contributed by atoms with Crippen LogP contribution in [0, 0.1) is 11.7 Å². The normalized spacial score (nSPS) is 15.3. The van der Waals surface area contributed by atoms with Crippen LogP contribution in [0.1, 0.15) is 12.8 Å². The molecule has 1 saturated carbocycles. The maximum atomic E-state index is 13.5. The van der Waals surface area contributed by atoms with Crippen molar-refractivity contribution in [2.45, 2.75) is 18.9 Å². The summed E-state index contributed by atoms with van der Waals surface area (Å²) in [5.41, 5.74) is 0.896. The molecule has 1 atom stereocenters. The molecule has 0 spiro atoms. The molecule has 1 unspecified atom stereocenters. The van der Waals surface area contributed by atoms with Gasteiger partial charge in [-0.25, -0.2) is 13.9 Å². The zero-order chi connectivity index (χ0) is 16.4. The van der Waals surface area contributed by atoms with E-state index < -0.39 is 18.0 Å². The summed E-state index contributed by atoms with van der Waals surface area (Å²) < 4.78 is 15.1. The molecule has 2 aromatic rings. The minimum Gasteiger partial charge on any atom is -0.391 e. The number of halogens is 1. The van der Waals surface area contributed by atoms with E-state index in [0.717, 1.165) is 12.8 Å². The molecule has 7 heteroatoms. The number of nitrogens with one attached hydrogen (secondary N) is 1. The number of aromatic nitrogens is 2. The molecule has 0 aliphatic heterocycles. The zero-order valence-electron chi connectivity index (χ0n) is 12.8. The lowest BCUT2D eigenvalue weighted by atomic mass is 10.2.